The molecule has 7 heteroatoms. The average molecular weight is 449 g/mol. The molecule has 1 heterocycles. The highest BCUT2D eigenvalue weighted by molar-refractivity contribution is 7.99. The standard InChI is InChI=1S/C25H24N2O4S/c1-30-13-12-27-21-11-10-18(26-24(28)15-17-6-5-7-19(14-17)31-2)16-23(21)32-22-9-4-3-8-20(22)25(27)29/h3-11,14,16H,12-13,15H2,1-2H3,(H,26,28). The zero-order chi connectivity index (χ0) is 22.5. The van der Waals surface area contributed by atoms with Crippen molar-refractivity contribution in [1.82, 2.24) is 0 Å². The van der Waals surface area contributed by atoms with Gasteiger partial charge in [0.25, 0.3) is 5.91 Å². The molecule has 0 atom stereocenters. The average Bonchev–Trinajstić information content (AvgIpc) is 2.91. The fraction of sp³-hybridized carbons (Fsp3) is 0.200. The Bertz CT molecular complexity index is 1150. The maximum Gasteiger partial charge on any atom is 0.259 e. The molecule has 0 bridgehead atoms. The minimum atomic E-state index is -0.121. The number of anilines is 2. The number of nitrogens with zero attached hydrogens (tertiary/aromatic N) is 1. The summed E-state index contributed by atoms with van der Waals surface area (Å²) in [4.78, 5) is 29.4. The molecule has 4 rings (SSSR count). The van der Waals surface area contributed by atoms with E-state index in [1.807, 2.05) is 66.7 Å². The summed E-state index contributed by atoms with van der Waals surface area (Å²) in [5, 5.41) is 2.97. The molecule has 0 spiro atoms. The molecular weight excluding hydrogens is 424 g/mol. The maximum atomic E-state index is 13.2. The molecule has 3 aromatic rings. The van der Waals surface area contributed by atoms with Crippen molar-refractivity contribution < 1.29 is 19.1 Å². The van der Waals surface area contributed by atoms with Crippen LogP contribution in [0, 0.1) is 0 Å². The minimum absolute atomic E-state index is 0.0567. The third-order valence-electron chi connectivity index (χ3n) is 5.13. The number of hydrogen-bond acceptors (Lipinski definition) is 5. The van der Waals surface area contributed by atoms with Crippen LogP contribution in [0.25, 0.3) is 0 Å². The predicted molar refractivity (Wildman–Crippen MR) is 126 cm³/mol. The van der Waals surface area contributed by atoms with Crippen LogP contribution >= 0.6 is 11.8 Å². The van der Waals surface area contributed by atoms with Crippen LogP contribution in [0.1, 0.15) is 15.9 Å². The fourth-order valence-corrected chi connectivity index (χ4v) is 4.70. The van der Waals surface area contributed by atoms with E-state index in [4.69, 9.17) is 9.47 Å². The summed E-state index contributed by atoms with van der Waals surface area (Å²) in [7, 11) is 3.22. The van der Waals surface area contributed by atoms with Crippen LogP contribution < -0.4 is 15.0 Å². The van der Waals surface area contributed by atoms with Crippen molar-refractivity contribution in [2.45, 2.75) is 16.2 Å². The molecule has 0 saturated carbocycles. The van der Waals surface area contributed by atoms with Gasteiger partial charge in [-0.25, -0.2) is 0 Å². The zero-order valence-corrected chi connectivity index (χ0v) is 18.8. The van der Waals surface area contributed by atoms with Gasteiger partial charge in [-0.15, -0.1) is 0 Å². The second-order valence-corrected chi connectivity index (χ2v) is 8.39. The van der Waals surface area contributed by atoms with Gasteiger partial charge < -0.3 is 19.7 Å². The van der Waals surface area contributed by atoms with Crippen LogP contribution in [-0.4, -0.2) is 39.2 Å². The maximum absolute atomic E-state index is 13.2. The van der Waals surface area contributed by atoms with E-state index in [0.29, 0.717) is 24.4 Å². The highest BCUT2D eigenvalue weighted by Crippen LogP contribution is 2.42. The van der Waals surface area contributed by atoms with E-state index in [0.717, 1.165) is 26.8 Å². The van der Waals surface area contributed by atoms with Crippen LogP contribution in [0.5, 0.6) is 5.75 Å². The van der Waals surface area contributed by atoms with Crippen molar-refractivity contribution in [1.29, 1.82) is 0 Å². The van der Waals surface area contributed by atoms with E-state index in [1.165, 1.54) is 11.8 Å². The summed E-state index contributed by atoms with van der Waals surface area (Å²) in [5.74, 6) is 0.541. The molecule has 32 heavy (non-hydrogen) atoms. The smallest absolute Gasteiger partial charge is 0.259 e. The van der Waals surface area contributed by atoms with Crippen LogP contribution in [0.2, 0.25) is 0 Å². The normalized spacial score (nSPS) is 12.6. The van der Waals surface area contributed by atoms with Crippen molar-refractivity contribution >= 4 is 35.0 Å². The molecule has 1 N–H and O–H groups in total. The van der Waals surface area contributed by atoms with Crippen molar-refractivity contribution in [3.05, 3.63) is 77.9 Å². The summed E-state index contributed by atoms with van der Waals surface area (Å²) in [6.45, 7) is 0.871. The summed E-state index contributed by atoms with van der Waals surface area (Å²) in [6, 6.07) is 20.6. The third kappa shape index (κ3) is 4.79. The van der Waals surface area contributed by atoms with Crippen molar-refractivity contribution in [3.8, 4) is 5.75 Å². The third-order valence-corrected chi connectivity index (χ3v) is 6.26. The van der Waals surface area contributed by atoms with E-state index in [-0.39, 0.29) is 18.2 Å². The van der Waals surface area contributed by atoms with Crippen molar-refractivity contribution in [3.63, 3.8) is 0 Å². The zero-order valence-electron chi connectivity index (χ0n) is 18.0. The van der Waals surface area contributed by atoms with E-state index in [9.17, 15) is 9.59 Å². The molecule has 0 aromatic heterocycles. The molecule has 1 aliphatic heterocycles. The number of rotatable bonds is 7. The Balaban J connectivity index is 1.59. The van der Waals surface area contributed by atoms with E-state index in [2.05, 4.69) is 5.32 Å². The van der Waals surface area contributed by atoms with Gasteiger partial charge in [-0.05, 0) is 48.0 Å². The highest BCUT2D eigenvalue weighted by atomic mass is 32.2. The Morgan fingerprint density at radius 3 is 2.66 bits per heavy atom. The molecule has 0 radical (unpaired) electrons. The van der Waals surface area contributed by atoms with Gasteiger partial charge in [0.05, 0.1) is 31.4 Å². The first-order chi connectivity index (χ1) is 15.6. The van der Waals surface area contributed by atoms with E-state index < -0.39 is 0 Å². The number of methoxy groups -OCH3 is 2. The Morgan fingerprint density at radius 1 is 1.00 bits per heavy atom. The van der Waals surface area contributed by atoms with Gasteiger partial charge in [-0.1, -0.05) is 36.0 Å². The first-order valence-corrected chi connectivity index (χ1v) is 11.0. The minimum Gasteiger partial charge on any atom is -0.497 e. The second kappa shape index (κ2) is 9.89. The topological polar surface area (TPSA) is 67.9 Å². The number of ether oxygens (including phenoxy) is 2. The number of benzene rings is 3. The Kier molecular flexibility index (Phi) is 6.78. The van der Waals surface area contributed by atoms with Gasteiger partial charge in [0.1, 0.15) is 5.75 Å². The number of nitrogens with one attached hydrogen (secondary N) is 1. The van der Waals surface area contributed by atoms with E-state index in [1.54, 1.807) is 19.1 Å². The Hall–Kier alpha value is -3.29. The molecule has 0 saturated heterocycles. The quantitative estimate of drug-likeness (QED) is 0.571. The van der Waals surface area contributed by atoms with Crippen LogP contribution in [0.15, 0.2) is 76.5 Å². The monoisotopic (exact) mass is 448 g/mol. The second-order valence-electron chi connectivity index (χ2n) is 7.31. The van der Waals surface area contributed by atoms with Crippen LogP contribution in [0.4, 0.5) is 11.4 Å². The number of carbonyl (C=O) groups excluding carboxylic acids is 2. The fourth-order valence-electron chi connectivity index (χ4n) is 3.58. The van der Waals surface area contributed by atoms with Crippen LogP contribution in [0.3, 0.4) is 0 Å². The molecule has 0 fully saturated rings. The van der Waals surface area contributed by atoms with Gasteiger partial charge in [0.15, 0.2) is 0 Å². The van der Waals surface area contributed by atoms with Crippen molar-refractivity contribution in [2.75, 3.05) is 37.6 Å². The number of carbonyl (C=O) groups is 2. The molecule has 2 amide bonds. The summed E-state index contributed by atoms with van der Waals surface area (Å²) >= 11 is 1.52. The number of hydrogen-bond donors (Lipinski definition) is 1. The summed E-state index contributed by atoms with van der Waals surface area (Å²) < 4.78 is 10.4. The highest BCUT2D eigenvalue weighted by Gasteiger charge is 2.27. The molecule has 0 unspecified atom stereocenters. The predicted octanol–water partition coefficient (Wildman–Crippen LogP) is 4.63. The Labute approximate surface area is 191 Å². The SMILES string of the molecule is COCCN1C(=O)c2ccccc2Sc2cc(NC(=O)Cc3cccc(OC)c3)ccc21. The molecule has 3 aromatic carbocycles. The number of amides is 2. The summed E-state index contributed by atoms with van der Waals surface area (Å²) in [5.41, 5.74) is 3.02. The first-order valence-electron chi connectivity index (χ1n) is 10.2. The number of fused-ring (bicyclic) bond motifs is 2. The van der Waals surface area contributed by atoms with Gasteiger partial charge in [0, 0.05) is 29.1 Å². The van der Waals surface area contributed by atoms with Gasteiger partial charge in [0.2, 0.25) is 5.91 Å². The molecule has 6 nitrogen and oxygen atoms in total. The van der Waals surface area contributed by atoms with Gasteiger partial charge >= 0.3 is 0 Å². The molecule has 0 aliphatic carbocycles. The van der Waals surface area contributed by atoms with Crippen LogP contribution in [-0.2, 0) is 16.0 Å². The lowest BCUT2D eigenvalue weighted by Crippen LogP contribution is -2.33. The first kappa shape index (κ1) is 21.9. The molecule has 164 valence electrons. The lowest BCUT2D eigenvalue weighted by atomic mass is 10.1. The van der Waals surface area contributed by atoms with Gasteiger partial charge in [-0.2, -0.15) is 0 Å². The lowest BCUT2D eigenvalue weighted by molar-refractivity contribution is -0.115. The van der Waals surface area contributed by atoms with Crippen molar-refractivity contribution in [2.24, 2.45) is 0 Å². The van der Waals surface area contributed by atoms with Gasteiger partial charge in [-0.3, -0.25) is 9.59 Å². The molecular formula is C25H24N2O4S. The van der Waals surface area contributed by atoms with E-state index >= 15 is 0 Å². The largest absolute Gasteiger partial charge is 0.497 e. The molecule has 1 aliphatic rings. The Morgan fingerprint density at radius 2 is 1.84 bits per heavy atom. The lowest BCUT2D eigenvalue weighted by Gasteiger charge is -2.23. The summed E-state index contributed by atoms with van der Waals surface area (Å²) in [6.07, 6.45) is 0.239.